The van der Waals surface area contributed by atoms with Crippen LogP contribution in [0.4, 0.5) is 5.69 Å². The lowest BCUT2D eigenvalue weighted by atomic mass is 10.2. The van der Waals surface area contributed by atoms with Gasteiger partial charge < -0.3 is 13.9 Å². The first kappa shape index (κ1) is 20.1. The molecule has 1 aromatic rings. The van der Waals surface area contributed by atoms with Gasteiger partial charge in [-0.15, -0.1) is 0 Å². The molecule has 0 aliphatic heterocycles. The maximum Gasteiger partial charge on any atom is 0.337 e. The summed E-state index contributed by atoms with van der Waals surface area (Å²) < 4.78 is 16.1. The summed E-state index contributed by atoms with van der Waals surface area (Å²) in [6.07, 6.45) is 0. The smallest absolute Gasteiger partial charge is 0.337 e. The van der Waals surface area contributed by atoms with Crippen molar-refractivity contribution in [2.24, 2.45) is 0 Å². The van der Waals surface area contributed by atoms with Crippen LogP contribution >= 0.6 is 0 Å². The molecular weight excluding hydrogens is 330 g/mol. The van der Waals surface area contributed by atoms with Gasteiger partial charge in [0.15, 0.2) is 14.1 Å². The van der Waals surface area contributed by atoms with E-state index in [4.69, 9.17) is 9.16 Å². The quantitative estimate of drug-likeness (QED) is 0.243. The SMILES string of the molecule is COC(=O)c1ccc([N+](=O)[O-])c(OCCO[Si](C)(C)C(C)(C)C)c1. The largest absolute Gasteiger partial charge is 0.484 e. The molecule has 0 saturated carbocycles. The van der Waals surface area contributed by atoms with Crippen molar-refractivity contribution < 1.29 is 23.6 Å². The number of nitro benzene ring substituents is 1. The third-order valence-corrected chi connectivity index (χ3v) is 8.73. The molecule has 134 valence electrons. The molecule has 0 unspecified atom stereocenters. The second kappa shape index (κ2) is 7.76. The third-order valence-electron chi connectivity index (χ3n) is 4.19. The molecule has 1 aromatic carbocycles. The zero-order valence-corrected chi connectivity index (χ0v) is 16.0. The summed E-state index contributed by atoms with van der Waals surface area (Å²) >= 11 is 0. The standard InChI is InChI=1S/C16H25NO6Si/c1-16(2,3)24(5,6)23-10-9-22-14-11-12(15(18)21-4)7-8-13(14)17(19)20/h7-8,11H,9-10H2,1-6H3. The molecule has 8 heteroatoms. The molecule has 0 fully saturated rings. The van der Waals surface area contributed by atoms with Crippen molar-refractivity contribution in [3.63, 3.8) is 0 Å². The minimum Gasteiger partial charge on any atom is -0.484 e. The lowest BCUT2D eigenvalue weighted by Crippen LogP contribution is -2.41. The number of nitrogens with zero attached hydrogens (tertiary/aromatic N) is 1. The van der Waals surface area contributed by atoms with Crippen molar-refractivity contribution in [3.8, 4) is 5.75 Å². The van der Waals surface area contributed by atoms with Gasteiger partial charge in [0.2, 0.25) is 0 Å². The van der Waals surface area contributed by atoms with Gasteiger partial charge in [0.25, 0.3) is 0 Å². The molecule has 0 radical (unpaired) electrons. The van der Waals surface area contributed by atoms with E-state index in [1.807, 2.05) is 0 Å². The average molecular weight is 355 g/mol. The molecule has 0 atom stereocenters. The average Bonchev–Trinajstić information content (AvgIpc) is 2.49. The predicted octanol–water partition coefficient (Wildman–Crippen LogP) is 3.78. The molecule has 0 saturated heterocycles. The Balaban J connectivity index is 2.79. The number of benzene rings is 1. The Morgan fingerprint density at radius 3 is 2.38 bits per heavy atom. The Bertz CT molecular complexity index is 609. The van der Waals surface area contributed by atoms with Crippen LogP contribution < -0.4 is 4.74 Å². The zero-order valence-electron chi connectivity index (χ0n) is 15.0. The van der Waals surface area contributed by atoms with E-state index in [0.717, 1.165) is 0 Å². The number of nitro groups is 1. The van der Waals surface area contributed by atoms with Crippen LogP contribution in [0.5, 0.6) is 5.75 Å². The maximum absolute atomic E-state index is 11.6. The van der Waals surface area contributed by atoms with Gasteiger partial charge >= 0.3 is 11.7 Å². The maximum atomic E-state index is 11.6. The topological polar surface area (TPSA) is 87.9 Å². The highest BCUT2D eigenvalue weighted by Crippen LogP contribution is 2.36. The van der Waals surface area contributed by atoms with Gasteiger partial charge in [-0.1, -0.05) is 20.8 Å². The summed E-state index contributed by atoms with van der Waals surface area (Å²) in [5.74, 6) is -0.547. The van der Waals surface area contributed by atoms with Crippen LogP contribution in [0.15, 0.2) is 18.2 Å². The number of hydrogen-bond acceptors (Lipinski definition) is 6. The van der Waals surface area contributed by atoms with E-state index in [1.165, 1.54) is 25.3 Å². The molecule has 0 N–H and O–H groups in total. The lowest BCUT2D eigenvalue weighted by Gasteiger charge is -2.36. The Morgan fingerprint density at radius 1 is 1.25 bits per heavy atom. The number of carbonyl (C=O) groups excluding carboxylic acids is 1. The van der Waals surface area contributed by atoms with E-state index < -0.39 is 19.2 Å². The van der Waals surface area contributed by atoms with Crippen LogP contribution in [-0.4, -0.2) is 39.5 Å². The van der Waals surface area contributed by atoms with Crippen molar-refractivity contribution in [1.29, 1.82) is 0 Å². The second-order valence-corrected chi connectivity index (χ2v) is 11.7. The van der Waals surface area contributed by atoms with Crippen LogP contribution in [0, 0.1) is 10.1 Å². The number of methoxy groups -OCH3 is 1. The molecule has 0 aromatic heterocycles. The first-order chi connectivity index (χ1) is 11.0. The van der Waals surface area contributed by atoms with E-state index in [0.29, 0.717) is 6.61 Å². The highest BCUT2D eigenvalue weighted by Gasteiger charge is 2.37. The van der Waals surface area contributed by atoms with Gasteiger partial charge in [-0.3, -0.25) is 10.1 Å². The fraction of sp³-hybridized carbons (Fsp3) is 0.562. The first-order valence-corrected chi connectivity index (χ1v) is 10.5. The van der Waals surface area contributed by atoms with Crippen molar-refractivity contribution in [1.82, 2.24) is 0 Å². The minimum absolute atomic E-state index is 0.0294. The molecule has 0 aliphatic carbocycles. The highest BCUT2D eigenvalue weighted by atomic mass is 28.4. The van der Waals surface area contributed by atoms with Gasteiger partial charge in [-0.25, -0.2) is 4.79 Å². The molecule has 0 heterocycles. The Kier molecular flexibility index (Phi) is 6.50. The number of carbonyl (C=O) groups is 1. The van der Waals surface area contributed by atoms with Crippen molar-refractivity contribution in [3.05, 3.63) is 33.9 Å². The highest BCUT2D eigenvalue weighted by molar-refractivity contribution is 6.74. The summed E-state index contributed by atoms with van der Waals surface area (Å²) in [6.45, 7) is 11.1. The molecule has 24 heavy (non-hydrogen) atoms. The Hall–Kier alpha value is -1.93. The molecule has 1 rings (SSSR count). The van der Waals surface area contributed by atoms with Crippen LogP contribution in [0.25, 0.3) is 0 Å². The summed E-state index contributed by atoms with van der Waals surface area (Å²) in [5.41, 5.74) is -0.00149. The Labute approximate surface area is 143 Å². The van der Waals surface area contributed by atoms with Gasteiger partial charge in [0.05, 0.1) is 24.2 Å². The fourth-order valence-electron chi connectivity index (χ4n) is 1.69. The van der Waals surface area contributed by atoms with E-state index >= 15 is 0 Å². The summed E-state index contributed by atoms with van der Waals surface area (Å²) in [4.78, 5) is 22.1. The van der Waals surface area contributed by atoms with E-state index in [-0.39, 0.29) is 28.6 Å². The van der Waals surface area contributed by atoms with Crippen LogP contribution in [0.2, 0.25) is 18.1 Å². The monoisotopic (exact) mass is 355 g/mol. The van der Waals surface area contributed by atoms with Crippen LogP contribution in [0.1, 0.15) is 31.1 Å². The van der Waals surface area contributed by atoms with Gasteiger partial charge in [-0.05, 0) is 24.2 Å². The van der Waals surface area contributed by atoms with Crippen molar-refractivity contribution in [2.45, 2.75) is 38.9 Å². The molecule has 0 spiro atoms. The van der Waals surface area contributed by atoms with E-state index in [2.05, 4.69) is 38.6 Å². The lowest BCUT2D eigenvalue weighted by molar-refractivity contribution is -0.385. The zero-order chi connectivity index (χ0) is 18.5. The van der Waals surface area contributed by atoms with E-state index in [9.17, 15) is 14.9 Å². The number of rotatable bonds is 7. The van der Waals surface area contributed by atoms with E-state index in [1.54, 1.807) is 0 Å². The number of hydrogen-bond donors (Lipinski definition) is 0. The fourth-order valence-corrected chi connectivity index (χ4v) is 2.72. The van der Waals surface area contributed by atoms with Gasteiger partial charge in [0.1, 0.15) is 6.61 Å². The summed E-state index contributed by atoms with van der Waals surface area (Å²) in [7, 11) is -0.654. The number of ether oxygens (including phenoxy) is 2. The first-order valence-electron chi connectivity index (χ1n) is 7.63. The summed E-state index contributed by atoms with van der Waals surface area (Å²) in [6, 6.07) is 3.88. The normalized spacial score (nSPS) is 11.9. The predicted molar refractivity (Wildman–Crippen MR) is 93.1 cm³/mol. The minimum atomic E-state index is -1.90. The van der Waals surface area contributed by atoms with Crippen molar-refractivity contribution in [2.75, 3.05) is 20.3 Å². The molecular formula is C16H25NO6Si. The van der Waals surface area contributed by atoms with Crippen molar-refractivity contribution >= 4 is 20.0 Å². The van der Waals surface area contributed by atoms with Gasteiger partial charge in [0, 0.05) is 12.1 Å². The Morgan fingerprint density at radius 2 is 1.88 bits per heavy atom. The molecule has 0 aliphatic rings. The molecule has 0 bridgehead atoms. The molecule has 0 amide bonds. The van der Waals surface area contributed by atoms with Crippen LogP contribution in [0.3, 0.4) is 0 Å². The number of esters is 1. The van der Waals surface area contributed by atoms with Gasteiger partial charge in [-0.2, -0.15) is 0 Å². The van der Waals surface area contributed by atoms with Crippen LogP contribution in [-0.2, 0) is 9.16 Å². The summed E-state index contributed by atoms with van der Waals surface area (Å²) in [5, 5.41) is 11.2. The second-order valence-electron chi connectivity index (χ2n) is 6.89. The third kappa shape index (κ3) is 5.03. The molecule has 7 nitrogen and oxygen atoms in total.